The third kappa shape index (κ3) is 4.70. The molecule has 1 aliphatic rings. The molecule has 8 nitrogen and oxygen atoms in total. The number of benzene rings is 2. The number of aromatic nitrogens is 2. The number of halogens is 2. The summed E-state index contributed by atoms with van der Waals surface area (Å²) >= 11 is 12.0. The lowest BCUT2D eigenvalue weighted by Gasteiger charge is -2.23. The molecular formula is C21H17Cl2N5O3. The lowest BCUT2D eigenvalue weighted by Crippen LogP contribution is -2.36. The summed E-state index contributed by atoms with van der Waals surface area (Å²) in [7, 11) is 0. The van der Waals surface area contributed by atoms with E-state index in [-0.39, 0.29) is 23.8 Å². The topological polar surface area (TPSA) is 116 Å². The van der Waals surface area contributed by atoms with Crippen LogP contribution in [0.25, 0.3) is 0 Å². The van der Waals surface area contributed by atoms with E-state index in [1.54, 1.807) is 30.3 Å². The molecule has 1 aliphatic heterocycles. The number of aryl methyl sites for hydroxylation is 1. The van der Waals surface area contributed by atoms with Gasteiger partial charge in [-0.15, -0.1) is 0 Å². The summed E-state index contributed by atoms with van der Waals surface area (Å²) in [5, 5.41) is 9.01. The van der Waals surface area contributed by atoms with Crippen molar-refractivity contribution in [3.8, 4) is 0 Å². The number of rotatable bonds is 4. The molecule has 1 aromatic heterocycles. The predicted molar refractivity (Wildman–Crippen MR) is 120 cm³/mol. The van der Waals surface area contributed by atoms with Gasteiger partial charge in [0.25, 0.3) is 5.56 Å². The van der Waals surface area contributed by atoms with Crippen LogP contribution in [0.5, 0.6) is 0 Å². The zero-order chi connectivity index (χ0) is 22.1. The van der Waals surface area contributed by atoms with E-state index in [4.69, 9.17) is 23.2 Å². The van der Waals surface area contributed by atoms with Crippen LogP contribution in [0.15, 0.2) is 47.3 Å². The van der Waals surface area contributed by atoms with Crippen molar-refractivity contribution in [2.24, 2.45) is 0 Å². The smallest absolute Gasteiger partial charge is 0.258 e. The van der Waals surface area contributed by atoms with Gasteiger partial charge < -0.3 is 16.0 Å². The Morgan fingerprint density at radius 3 is 2.42 bits per heavy atom. The third-order valence-electron chi connectivity index (χ3n) is 4.71. The summed E-state index contributed by atoms with van der Waals surface area (Å²) in [6.45, 7) is 1.93. The first-order chi connectivity index (χ1) is 14.8. The largest absolute Gasteiger partial charge is 0.326 e. The summed E-state index contributed by atoms with van der Waals surface area (Å²) in [4.78, 5) is 44.7. The molecule has 0 spiro atoms. The summed E-state index contributed by atoms with van der Waals surface area (Å²) in [5.41, 5.74) is 1.67. The molecule has 1 unspecified atom stereocenters. The predicted octanol–water partition coefficient (Wildman–Crippen LogP) is 4.19. The van der Waals surface area contributed by atoms with Crippen molar-refractivity contribution in [2.45, 2.75) is 19.3 Å². The second-order valence-electron chi connectivity index (χ2n) is 7.12. The zero-order valence-corrected chi connectivity index (χ0v) is 17.8. The lowest BCUT2D eigenvalue weighted by molar-refractivity contribution is -0.123. The van der Waals surface area contributed by atoms with Crippen molar-refractivity contribution >= 4 is 58.2 Å². The van der Waals surface area contributed by atoms with Gasteiger partial charge in [0, 0.05) is 27.8 Å². The summed E-state index contributed by atoms with van der Waals surface area (Å²) < 4.78 is 0. The molecule has 0 saturated heterocycles. The maximum absolute atomic E-state index is 12.8. The molecule has 2 heterocycles. The van der Waals surface area contributed by atoms with Crippen LogP contribution in [-0.4, -0.2) is 21.8 Å². The number of hydrogen-bond acceptors (Lipinski definition) is 5. The first-order valence-corrected chi connectivity index (χ1v) is 10.1. The molecule has 0 aliphatic carbocycles. The Morgan fingerprint density at radius 1 is 1.06 bits per heavy atom. The van der Waals surface area contributed by atoms with Gasteiger partial charge in [-0.1, -0.05) is 40.9 Å². The Balaban J connectivity index is 1.64. The SMILES string of the molecule is Cc1ccc(NC(=O)C2CC(=O)Nc3nc(Nc4cc(Cl)cc(Cl)c4)[nH]c(=O)c32)cc1. The highest BCUT2D eigenvalue weighted by molar-refractivity contribution is 6.35. The van der Waals surface area contributed by atoms with Crippen LogP contribution in [0.1, 0.15) is 23.5 Å². The van der Waals surface area contributed by atoms with E-state index in [0.29, 0.717) is 21.4 Å². The number of anilines is 4. The van der Waals surface area contributed by atoms with Crippen LogP contribution >= 0.6 is 23.2 Å². The Morgan fingerprint density at radius 2 is 1.74 bits per heavy atom. The number of fused-ring (bicyclic) bond motifs is 1. The molecule has 0 fully saturated rings. The quantitative estimate of drug-likeness (QED) is 0.468. The van der Waals surface area contributed by atoms with E-state index < -0.39 is 23.3 Å². The minimum Gasteiger partial charge on any atom is -0.326 e. The van der Waals surface area contributed by atoms with Gasteiger partial charge in [0.1, 0.15) is 5.82 Å². The van der Waals surface area contributed by atoms with Crippen molar-refractivity contribution in [1.82, 2.24) is 9.97 Å². The average Bonchev–Trinajstić information content (AvgIpc) is 2.68. The first kappa shape index (κ1) is 20.9. The minimum atomic E-state index is -0.976. The number of H-pyrrole nitrogens is 1. The van der Waals surface area contributed by atoms with E-state index >= 15 is 0 Å². The van der Waals surface area contributed by atoms with Gasteiger partial charge in [-0.25, -0.2) is 0 Å². The van der Waals surface area contributed by atoms with Crippen molar-refractivity contribution in [3.05, 3.63) is 74.0 Å². The molecule has 2 amide bonds. The van der Waals surface area contributed by atoms with Gasteiger partial charge in [-0.05, 0) is 37.3 Å². The van der Waals surface area contributed by atoms with Crippen LogP contribution in [0, 0.1) is 6.92 Å². The molecule has 31 heavy (non-hydrogen) atoms. The van der Waals surface area contributed by atoms with Gasteiger partial charge in [0.05, 0.1) is 11.5 Å². The highest BCUT2D eigenvalue weighted by Crippen LogP contribution is 2.31. The van der Waals surface area contributed by atoms with Crippen LogP contribution in [0.2, 0.25) is 10.0 Å². The first-order valence-electron chi connectivity index (χ1n) is 9.33. The van der Waals surface area contributed by atoms with Crippen LogP contribution in [0.3, 0.4) is 0 Å². The average molecular weight is 458 g/mol. The number of aromatic amines is 1. The molecule has 1 atom stereocenters. The number of hydrogen-bond donors (Lipinski definition) is 4. The second-order valence-corrected chi connectivity index (χ2v) is 7.99. The van der Waals surface area contributed by atoms with Crippen LogP contribution in [-0.2, 0) is 9.59 Å². The Kier molecular flexibility index (Phi) is 5.67. The fourth-order valence-corrected chi connectivity index (χ4v) is 3.81. The van der Waals surface area contributed by atoms with E-state index in [9.17, 15) is 14.4 Å². The summed E-state index contributed by atoms with van der Waals surface area (Å²) in [6.07, 6.45) is -0.161. The Hall–Kier alpha value is -3.36. The molecule has 0 saturated carbocycles. The summed E-state index contributed by atoms with van der Waals surface area (Å²) in [6, 6.07) is 12.0. The summed E-state index contributed by atoms with van der Waals surface area (Å²) in [5.74, 6) is -1.75. The molecule has 2 aromatic carbocycles. The number of carbonyl (C=O) groups excluding carboxylic acids is 2. The normalized spacial score (nSPS) is 15.1. The second kappa shape index (κ2) is 8.41. The van der Waals surface area contributed by atoms with E-state index in [0.717, 1.165) is 5.56 Å². The number of nitrogens with zero attached hydrogens (tertiary/aromatic N) is 1. The van der Waals surface area contributed by atoms with Crippen molar-refractivity contribution < 1.29 is 9.59 Å². The standard InChI is InChI=1S/C21H17Cl2N5O3/c1-10-2-4-13(5-3-10)24-19(30)15-9-16(29)26-18-17(15)20(31)28-21(27-18)25-14-7-11(22)6-12(23)8-14/h2-8,15H,9H2,1H3,(H,24,30)(H3,25,26,27,28,29,31). The van der Waals surface area contributed by atoms with Gasteiger partial charge >= 0.3 is 0 Å². The van der Waals surface area contributed by atoms with Gasteiger partial charge in [0.2, 0.25) is 17.8 Å². The maximum atomic E-state index is 12.8. The molecular weight excluding hydrogens is 441 g/mol. The molecule has 0 bridgehead atoms. The highest BCUT2D eigenvalue weighted by Gasteiger charge is 2.34. The monoisotopic (exact) mass is 457 g/mol. The van der Waals surface area contributed by atoms with Crippen LogP contribution < -0.4 is 21.5 Å². The number of amides is 2. The van der Waals surface area contributed by atoms with Gasteiger partial charge in [-0.3, -0.25) is 19.4 Å². The molecule has 158 valence electrons. The maximum Gasteiger partial charge on any atom is 0.258 e. The van der Waals surface area contributed by atoms with E-state index in [2.05, 4.69) is 25.9 Å². The third-order valence-corrected chi connectivity index (χ3v) is 5.15. The van der Waals surface area contributed by atoms with Crippen molar-refractivity contribution in [3.63, 3.8) is 0 Å². The van der Waals surface area contributed by atoms with Crippen LogP contribution in [0.4, 0.5) is 23.1 Å². The van der Waals surface area contributed by atoms with Crippen molar-refractivity contribution in [1.29, 1.82) is 0 Å². The fraction of sp³-hybridized carbons (Fsp3) is 0.143. The number of carbonyl (C=O) groups is 2. The minimum absolute atomic E-state index is 0.0275. The molecule has 10 heteroatoms. The van der Waals surface area contributed by atoms with E-state index in [1.165, 1.54) is 0 Å². The highest BCUT2D eigenvalue weighted by atomic mass is 35.5. The van der Waals surface area contributed by atoms with Gasteiger partial charge in [-0.2, -0.15) is 4.98 Å². The zero-order valence-electron chi connectivity index (χ0n) is 16.3. The molecule has 4 rings (SSSR count). The fourth-order valence-electron chi connectivity index (χ4n) is 3.28. The molecule has 4 N–H and O–H groups in total. The van der Waals surface area contributed by atoms with E-state index in [1.807, 2.05) is 19.1 Å². The molecule has 0 radical (unpaired) electrons. The molecule has 3 aromatic rings. The van der Waals surface area contributed by atoms with Gasteiger partial charge in [0.15, 0.2) is 0 Å². The Labute approximate surface area is 187 Å². The lowest BCUT2D eigenvalue weighted by atomic mass is 9.92. The van der Waals surface area contributed by atoms with Crippen molar-refractivity contribution in [2.75, 3.05) is 16.0 Å². The Bertz CT molecular complexity index is 1220. The number of nitrogens with one attached hydrogen (secondary N) is 4.